The van der Waals surface area contributed by atoms with Gasteiger partial charge in [-0.05, 0) is 61.3 Å². The van der Waals surface area contributed by atoms with Crippen LogP contribution in [0.3, 0.4) is 0 Å². The lowest BCUT2D eigenvalue weighted by Gasteiger charge is -2.19. The van der Waals surface area contributed by atoms with E-state index in [9.17, 15) is 14.7 Å². The molecule has 31 heavy (non-hydrogen) atoms. The average molecular weight is 424 g/mol. The second-order valence-corrected chi connectivity index (χ2v) is 7.72. The highest BCUT2D eigenvalue weighted by atomic mass is 16.5. The van der Waals surface area contributed by atoms with Crippen molar-refractivity contribution in [2.45, 2.75) is 39.5 Å². The van der Waals surface area contributed by atoms with Gasteiger partial charge in [0.2, 0.25) is 0 Å². The topological polar surface area (TPSA) is 111 Å². The molecule has 164 valence electrons. The molecule has 0 aliphatic carbocycles. The number of amides is 2. The predicted octanol–water partition coefficient (Wildman–Crippen LogP) is 1.82. The monoisotopic (exact) mass is 423 g/mol. The van der Waals surface area contributed by atoms with Gasteiger partial charge in [-0.1, -0.05) is 37.8 Å². The lowest BCUT2D eigenvalue weighted by molar-refractivity contribution is -0.133. The fourth-order valence-corrected chi connectivity index (χ4v) is 2.76. The van der Waals surface area contributed by atoms with Crippen LogP contribution in [0, 0.1) is 17.8 Å². The van der Waals surface area contributed by atoms with Crippen LogP contribution in [-0.2, 0) is 11.3 Å². The van der Waals surface area contributed by atoms with Crippen molar-refractivity contribution >= 4 is 11.8 Å². The first-order valence-electron chi connectivity index (χ1n) is 10.1. The quantitative estimate of drug-likeness (QED) is 0.253. The maximum absolute atomic E-state index is 12.3. The van der Waals surface area contributed by atoms with E-state index in [0.717, 1.165) is 24.2 Å². The van der Waals surface area contributed by atoms with E-state index in [0.29, 0.717) is 11.5 Å². The number of benzene rings is 2. The summed E-state index contributed by atoms with van der Waals surface area (Å²) in [5.74, 6) is 5.32. The highest BCUT2D eigenvalue weighted by Crippen LogP contribution is 2.07. The zero-order valence-electron chi connectivity index (χ0n) is 18.0. The third-order valence-electron chi connectivity index (χ3n) is 4.50. The van der Waals surface area contributed by atoms with Crippen molar-refractivity contribution in [3.8, 4) is 11.8 Å². The number of aliphatic hydroxyl groups excluding tert-OH is 1. The van der Waals surface area contributed by atoms with Crippen molar-refractivity contribution in [1.82, 2.24) is 16.1 Å². The van der Waals surface area contributed by atoms with Gasteiger partial charge in [0.15, 0.2) is 0 Å². The molecular weight excluding hydrogens is 394 g/mol. The maximum atomic E-state index is 12.3. The lowest BCUT2D eigenvalue weighted by Crippen LogP contribution is -2.51. The summed E-state index contributed by atoms with van der Waals surface area (Å²) in [7, 11) is 0. The number of hydroxylamine groups is 1. The predicted molar refractivity (Wildman–Crippen MR) is 118 cm³/mol. The molecule has 0 saturated heterocycles. The van der Waals surface area contributed by atoms with Crippen LogP contribution in [0.15, 0.2) is 48.5 Å². The molecule has 7 heteroatoms. The van der Waals surface area contributed by atoms with Gasteiger partial charge in [0.05, 0.1) is 6.10 Å². The molecule has 2 unspecified atom stereocenters. The van der Waals surface area contributed by atoms with E-state index in [1.807, 2.05) is 24.3 Å². The Morgan fingerprint density at radius 2 is 1.48 bits per heavy atom. The third-order valence-corrected chi connectivity index (χ3v) is 4.50. The van der Waals surface area contributed by atoms with Crippen LogP contribution in [0.5, 0.6) is 0 Å². The van der Waals surface area contributed by atoms with Crippen LogP contribution in [0.4, 0.5) is 0 Å². The summed E-state index contributed by atoms with van der Waals surface area (Å²) >= 11 is 0. The Morgan fingerprint density at radius 1 is 0.935 bits per heavy atom. The number of carbonyl (C=O) groups is 2. The van der Waals surface area contributed by atoms with Crippen LogP contribution < -0.4 is 16.1 Å². The molecule has 7 nitrogen and oxygen atoms in total. The zero-order valence-corrected chi connectivity index (χ0v) is 18.0. The maximum Gasteiger partial charge on any atom is 0.268 e. The minimum atomic E-state index is -1.26. The average Bonchev–Trinajstić information content (AvgIpc) is 2.76. The molecule has 2 aromatic rings. The Labute approximate surface area is 182 Å². The first kappa shape index (κ1) is 24.1. The van der Waals surface area contributed by atoms with Gasteiger partial charge in [-0.2, -0.15) is 0 Å². The van der Waals surface area contributed by atoms with Crippen LogP contribution in [0.2, 0.25) is 0 Å². The molecule has 2 atom stereocenters. The van der Waals surface area contributed by atoms with Gasteiger partial charge in [0.1, 0.15) is 6.04 Å². The fourth-order valence-electron chi connectivity index (χ4n) is 2.76. The number of rotatable bonds is 8. The summed E-state index contributed by atoms with van der Waals surface area (Å²) in [5.41, 5.74) is 4.56. The van der Waals surface area contributed by atoms with Gasteiger partial charge in [0.25, 0.3) is 11.8 Å². The summed E-state index contributed by atoms with van der Waals surface area (Å²) in [4.78, 5) is 23.8. The zero-order chi connectivity index (χ0) is 22.8. The second kappa shape index (κ2) is 11.9. The van der Waals surface area contributed by atoms with Gasteiger partial charge in [-0.3, -0.25) is 14.8 Å². The van der Waals surface area contributed by atoms with Gasteiger partial charge in [-0.25, -0.2) is 5.48 Å². The minimum absolute atomic E-state index is 0.306. The Hall–Kier alpha value is -3.18. The highest BCUT2D eigenvalue weighted by molar-refractivity contribution is 5.97. The van der Waals surface area contributed by atoms with E-state index in [1.54, 1.807) is 24.3 Å². The van der Waals surface area contributed by atoms with E-state index in [2.05, 4.69) is 36.3 Å². The molecule has 0 radical (unpaired) electrons. The Balaban J connectivity index is 1.97. The normalized spacial score (nSPS) is 12.5. The highest BCUT2D eigenvalue weighted by Gasteiger charge is 2.25. The number of aliphatic hydroxyl groups is 1. The fraction of sp³-hybridized carbons (Fsp3) is 0.333. The SMILES string of the molecule is CC(C)CNCc1ccc(C#Cc2ccc(C(=O)NC(C(=O)NO)C(C)O)cc2)cc1. The molecule has 0 spiro atoms. The number of hydrogen-bond donors (Lipinski definition) is 5. The molecule has 0 aromatic heterocycles. The Bertz CT molecular complexity index is 926. The van der Waals surface area contributed by atoms with E-state index < -0.39 is 24.0 Å². The van der Waals surface area contributed by atoms with Gasteiger partial charge in [0, 0.05) is 23.2 Å². The van der Waals surface area contributed by atoms with Crippen molar-refractivity contribution in [2.24, 2.45) is 5.92 Å². The van der Waals surface area contributed by atoms with Crippen LogP contribution in [0.1, 0.15) is 47.8 Å². The van der Waals surface area contributed by atoms with Gasteiger partial charge < -0.3 is 15.7 Å². The molecular formula is C24H29N3O4. The molecule has 0 heterocycles. The molecule has 0 aliphatic heterocycles. The van der Waals surface area contributed by atoms with Gasteiger partial charge in [-0.15, -0.1) is 0 Å². The largest absolute Gasteiger partial charge is 0.391 e. The van der Waals surface area contributed by atoms with Crippen LogP contribution >= 0.6 is 0 Å². The minimum Gasteiger partial charge on any atom is -0.391 e. The molecule has 0 bridgehead atoms. The van der Waals surface area contributed by atoms with E-state index in [4.69, 9.17) is 5.21 Å². The third kappa shape index (κ3) is 7.87. The molecule has 2 amide bonds. The molecule has 5 N–H and O–H groups in total. The summed E-state index contributed by atoms with van der Waals surface area (Å²) < 4.78 is 0. The smallest absolute Gasteiger partial charge is 0.268 e. The number of carbonyl (C=O) groups excluding carboxylic acids is 2. The van der Waals surface area contributed by atoms with Crippen LogP contribution in [0.25, 0.3) is 0 Å². The van der Waals surface area contributed by atoms with E-state index in [1.165, 1.54) is 18.0 Å². The molecule has 0 saturated carbocycles. The number of hydrogen-bond acceptors (Lipinski definition) is 5. The molecule has 0 fully saturated rings. The second-order valence-electron chi connectivity index (χ2n) is 7.72. The Morgan fingerprint density at radius 3 is 1.97 bits per heavy atom. The summed E-state index contributed by atoms with van der Waals surface area (Å²) in [6.07, 6.45) is -1.17. The van der Waals surface area contributed by atoms with Crippen molar-refractivity contribution in [3.63, 3.8) is 0 Å². The van der Waals surface area contributed by atoms with Crippen molar-refractivity contribution in [2.75, 3.05) is 6.54 Å². The standard InChI is InChI=1S/C24H29N3O4/c1-16(2)14-25-15-20-8-6-18(7-9-20)4-5-19-10-12-21(13-11-19)23(29)26-22(17(3)28)24(30)27-31/h6-13,16-17,22,25,28,31H,14-15H2,1-3H3,(H,26,29)(H,27,30). The van der Waals surface area contributed by atoms with Crippen LogP contribution in [-0.4, -0.2) is 40.8 Å². The van der Waals surface area contributed by atoms with Crippen molar-refractivity contribution in [1.29, 1.82) is 0 Å². The molecule has 0 aliphatic rings. The summed E-state index contributed by atoms with van der Waals surface area (Å²) in [6.45, 7) is 7.49. The number of nitrogens with one attached hydrogen (secondary N) is 3. The molecule has 2 rings (SSSR count). The summed E-state index contributed by atoms with van der Waals surface area (Å²) in [6, 6.07) is 13.4. The first-order chi connectivity index (χ1) is 14.8. The van der Waals surface area contributed by atoms with Gasteiger partial charge >= 0.3 is 0 Å². The van der Waals surface area contributed by atoms with E-state index >= 15 is 0 Å². The van der Waals surface area contributed by atoms with Crippen molar-refractivity contribution in [3.05, 3.63) is 70.8 Å². The Kier molecular flexibility index (Phi) is 9.22. The first-order valence-corrected chi connectivity index (χ1v) is 10.1. The van der Waals surface area contributed by atoms with E-state index in [-0.39, 0.29) is 0 Å². The van der Waals surface area contributed by atoms with Crippen molar-refractivity contribution < 1.29 is 19.9 Å². The lowest BCUT2D eigenvalue weighted by atomic mass is 10.1. The summed E-state index contributed by atoms with van der Waals surface area (Å²) in [5, 5.41) is 24.1. The molecule has 2 aromatic carbocycles.